The topological polar surface area (TPSA) is 52.7 Å². The number of nitrogens with one attached hydrogen (secondary N) is 1. The lowest BCUT2D eigenvalue weighted by atomic mass is 10.1. The standard InChI is InChI=1S/C14H16FN3O2/c1-2-17-3-5-18(6-4-17)12-8-11-9(7-10(12)15)13(19)14(20)16-11/h7-8H,2-6H2,1H3,(H,16,19,20). The SMILES string of the molecule is CCN1CCN(c2cc3c(cc2F)C(=O)C(=O)N3)CC1. The van der Waals surface area contributed by atoms with Crippen LogP contribution in [-0.2, 0) is 4.79 Å². The zero-order valence-electron chi connectivity index (χ0n) is 11.3. The van der Waals surface area contributed by atoms with Gasteiger partial charge in [0, 0.05) is 26.2 Å². The summed E-state index contributed by atoms with van der Waals surface area (Å²) in [6.07, 6.45) is 0. The fourth-order valence-corrected chi connectivity index (χ4v) is 2.70. The van der Waals surface area contributed by atoms with Crippen LogP contribution in [-0.4, -0.2) is 49.3 Å². The van der Waals surface area contributed by atoms with E-state index in [1.165, 1.54) is 0 Å². The lowest BCUT2D eigenvalue weighted by molar-refractivity contribution is -0.112. The maximum atomic E-state index is 14.2. The van der Waals surface area contributed by atoms with Crippen molar-refractivity contribution in [2.24, 2.45) is 0 Å². The highest BCUT2D eigenvalue weighted by molar-refractivity contribution is 6.51. The van der Waals surface area contributed by atoms with Crippen LogP contribution in [0.2, 0.25) is 0 Å². The molecular weight excluding hydrogens is 261 g/mol. The van der Waals surface area contributed by atoms with E-state index in [0.717, 1.165) is 38.8 Å². The first-order valence-corrected chi connectivity index (χ1v) is 6.76. The summed E-state index contributed by atoms with van der Waals surface area (Å²) >= 11 is 0. The van der Waals surface area contributed by atoms with Gasteiger partial charge in [-0.3, -0.25) is 9.59 Å². The molecule has 0 radical (unpaired) electrons. The summed E-state index contributed by atoms with van der Waals surface area (Å²) in [5, 5.41) is 2.48. The number of halogens is 1. The van der Waals surface area contributed by atoms with E-state index in [1.54, 1.807) is 6.07 Å². The fourth-order valence-electron chi connectivity index (χ4n) is 2.70. The normalized spacial score (nSPS) is 19.2. The van der Waals surface area contributed by atoms with E-state index >= 15 is 0 Å². The minimum atomic E-state index is -0.688. The Morgan fingerprint density at radius 2 is 1.90 bits per heavy atom. The highest BCUT2D eigenvalue weighted by Gasteiger charge is 2.30. The first-order chi connectivity index (χ1) is 9.60. The van der Waals surface area contributed by atoms with Crippen molar-refractivity contribution in [3.63, 3.8) is 0 Å². The molecule has 2 heterocycles. The van der Waals surface area contributed by atoms with Crippen LogP contribution in [0.15, 0.2) is 12.1 Å². The van der Waals surface area contributed by atoms with E-state index in [2.05, 4.69) is 17.1 Å². The van der Waals surface area contributed by atoms with Crippen molar-refractivity contribution in [1.82, 2.24) is 4.90 Å². The number of hydrogen-bond acceptors (Lipinski definition) is 4. The number of fused-ring (bicyclic) bond motifs is 1. The van der Waals surface area contributed by atoms with Crippen molar-refractivity contribution in [2.45, 2.75) is 6.92 Å². The second-order valence-electron chi connectivity index (χ2n) is 5.05. The van der Waals surface area contributed by atoms with Crippen LogP contribution in [0.25, 0.3) is 0 Å². The molecule has 2 aliphatic heterocycles. The largest absolute Gasteiger partial charge is 0.367 e. The average molecular weight is 277 g/mol. The van der Waals surface area contributed by atoms with Gasteiger partial charge in [0.25, 0.3) is 11.7 Å². The number of likely N-dealkylation sites (N-methyl/N-ethyl adjacent to an activating group) is 1. The number of benzene rings is 1. The molecule has 6 heteroatoms. The molecule has 1 N–H and O–H groups in total. The van der Waals surface area contributed by atoms with Crippen LogP contribution in [0.5, 0.6) is 0 Å². The molecule has 5 nitrogen and oxygen atoms in total. The molecule has 0 bridgehead atoms. The van der Waals surface area contributed by atoms with Gasteiger partial charge in [-0.05, 0) is 18.7 Å². The predicted molar refractivity (Wildman–Crippen MR) is 73.7 cm³/mol. The summed E-state index contributed by atoms with van der Waals surface area (Å²) in [4.78, 5) is 27.1. The van der Waals surface area contributed by atoms with Crippen molar-refractivity contribution < 1.29 is 14.0 Å². The highest BCUT2D eigenvalue weighted by atomic mass is 19.1. The number of amides is 1. The molecule has 0 aromatic heterocycles. The number of carbonyl (C=O) groups is 2. The van der Waals surface area contributed by atoms with Crippen LogP contribution in [0.4, 0.5) is 15.8 Å². The van der Waals surface area contributed by atoms with Crippen molar-refractivity contribution >= 4 is 23.1 Å². The minimum absolute atomic E-state index is 0.128. The van der Waals surface area contributed by atoms with Gasteiger partial charge in [-0.25, -0.2) is 4.39 Å². The molecule has 0 atom stereocenters. The van der Waals surface area contributed by atoms with E-state index in [9.17, 15) is 14.0 Å². The molecule has 0 unspecified atom stereocenters. The van der Waals surface area contributed by atoms with E-state index < -0.39 is 17.5 Å². The molecule has 20 heavy (non-hydrogen) atoms. The Bertz CT molecular complexity index is 580. The summed E-state index contributed by atoms with van der Waals surface area (Å²) in [6, 6.07) is 2.73. The molecule has 2 aliphatic rings. The maximum Gasteiger partial charge on any atom is 0.296 e. The minimum Gasteiger partial charge on any atom is -0.367 e. The molecule has 1 aromatic carbocycles. The Morgan fingerprint density at radius 3 is 2.55 bits per heavy atom. The van der Waals surface area contributed by atoms with Gasteiger partial charge in [0.2, 0.25) is 0 Å². The van der Waals surface area contributed by atoms with Crippen LogP contribution in [0, 0.1) is 5.82 Å². The van der Waals surface area contributed by atoms with Crippen LogP contribution in [0.1, 0.15) is 17.3 Å². The number of anilines is 2. The first kappa shape index (κ1) is 13.1. The molecule has 1 saturated heterocycles. The van der Waals surface area contributed by atoms with Gasteiger partial charge in [0.15, 0.2) is 0 Å². The molecule has 1 aromatic rings. The van der Waals surface area contributed by atoms with Crippen LogP contribution < -0.4 is 10.2 Å². The van der Waals surface area contributed by atoms with E-state index in [1.807, 2.05) is 4.90 Å². The summed E-state index contributed by atoms with van der Waals surface area (Å²) in [5.41, 5.74) is 0.993. The molecular formula is C14H16FN3O2. The summed E-state index contributed by atoms with van der Waals surface area (Å²) in [6.45, 7) is 6.35. The smallest absolute Gasteiger partial charge is 0.296 e. The molecule has 0 aliphatic carbocycles. The van der Waals surface area contributed by atoms with Gasteiger partial charge >= 0.3 is 0 Å². The molecule has 0 saturated carbocycles. The lowest BCUT2D eigenvalue weighted by Gasteiger charge is -2.35. The van der Waals surface area contributed by atoms with Crippen molar-refractivity contribution in [2.75, 3.05) is 42.9 Å². The van der Waals surface area contributed by atoms with Crippen molar-refractivity contribution in [1.29, 1.82) is 0 Å². The molecule has 1 amide bonds. The van der Waals surface area contributed by atoms with Crippen molar-refractivity contribution in [3.05, 3.63) is 23.5 Å². The van der Waals surface area contributed by atoms with Crippen molar-refractivity contribution in [3.8, 4) is 0 Å². The van der Waals surface area contributed by atoms with E-state index in [0.29, 0.717) is 11.4 Å². The van der Waals surface area contributed by atoms with Gasteiger partial charge in [0.1, 0.15) is 5.82 Å². The second-order valence-corrected chi connectivity index (χ2v) is 5.05. The lowest BCUT2D eigenvalue weighted by Crippen LogP contribution is -2.46. The zero-order valence-corrected chi connectivity index (χ0v) is 11.3. The Balaban J connectivity index is 1.87. The van der Waals surface area contributed by atoms with Gasteiger partial charge in [0.05, 0.1) is 16.9 Å². The third-order valence-electron chi connectivity index (χ3n) is 3.95. The quantitative estimate of drug-likeness (QED) is 0.823. The zero-order chi connectivity index (χ0) is 14.3. The maximum absolute atomic E-state index is 14.2. The summed E-state index contributed by atoms with van der Waals surface area (Å²) in [7, 11) is 0. The van der Waals surface area contributed by atoms with Gasteiger partial charge in [-0.15, -0.1) is 0 Å². The highest BCUT2D eigenvalue weighted by Crippen LogP contribution is 2.31. The number of piperazine rings is 1. The fraction of sp³-hybridized carbons (Fsp3) is 0.429. The number of ketones is 1. The summed E-state index contributed by atoms with van der Waals surface area (Å²) < 4.78 is 14.2. The molecule has 106 valence electrons. The Morgan fingerprint density at radius 1 is 1.20 bits per heavy atom. The van der Waals surface area contributed by atoms with E-state index in [-0.39, 0.29) is 5.56 Å². The number of nitrogens with zero attached hydrogens (tertiary/aromatic N) is 2. The van der Waals surface area contributed by atoms with Gasteiger partial charge in [-0.1, -0.05) is 6.92 Å². The number of rotatable bonds is 2. The van der Waals surface area contributed by atoms with E-state index in [4.69, 9.17) is 0 Å². The Kier molecular flexibility index (Phi) is 3.17. The monoisotopic (exact) mass is 277 g/mol. The number of Topliss-reactive ketones (excluding diaryl/α,β-unsaturated/α-hetero) is 1. The van der Waals surface area contributed by atoms with Gasteiger partial charge in [-0.2, -0.15) is 0 Å². The molecule has 1 fully saturated rings. The molecule has 3 rings (SSSR count). The third kappa shape index (κ3) is 2.06. The van der Waals surface area contributed by atoms with Gasteiger partial charge < -0.3 is 15.1 Å². The number of carbonyl (C=O) groups excluding carboxylic acids is 2. The Labute approximate surface area is 116 Å². The Hall–Kier alpha value is -1.95. The van der Waals surface area contributed by atoms with Crippen LogP contribution in [0.3, 0.4) is 0 Å². The second kappa shape index (κ2) is 4.86. The number of hydrogen-bond donors (Lipinski definition) is 1. The summed E-state index contributed by atoms with van der Waals surface area (Å²) in [5.74, 6) is -1.80. The average Bonchev–Trinajstić information content (AvgIpc) is 2.74. The van der Waals surface area contributed by atoms with Crippen LogP contribution >= 0.6 is 0 Å². The third-order valence-corrected chi connectivity index (χ3v) is 3.95. The first-order valence-electron chi connectivity index (χ1n) is 6.76. The molecule has 0 spiro atoms. The predicted octanol–water partition coefficient (Wildman–Crippen LogP) is 1.10.